The number of hydrogen-bond donors (Lipinski definition) is 0. The summed E-state index contributed by atoms with van der Waals surface area (Å²) in [6, 6.07) is 11.8. The van der Waals surface area contributed by atoms with Crippen LogP contribution in [0.25, 0.3) is 16.3 Å². The van der Waals surface area contributed by atoms with Crippen LogP contribution in [-0.2, 0) is 10.0 Å². The molecule has 1 aliphatic heterocycles. The van der Waals surface area contributed by atoms with Gasteiger partial charge in [-0.05, 0) is 43.4 Å². The van der Waals surface area contributed by atoms with Crippen molar-refractivity contribution < 1.29 is 12.9 Å². The molecule has 0 amide bonds. The van der Waals surface area contributed by atoms with Crippen molar-refractivity contribution in [2.45, 2.75) is 37.0 Å². The van der Waals surface area contributed by atoms with Gasteiger partial charge in [-0.25, -0.2) is 8.42 Å². The highest BCUT2D eigenvalue weighted by Crippen LogP contribution is 2.41. The first kappa shape index (κ1) is 18.7. The number of hydrogen-bond acceptors (Lipinski definition) is 6. The molecule has 0 atom stereocenters. The molecule has 1 fully saturated rings. The minimum atomic E-state index is -3.57. The molecule has 0 spiro atoms. The average molecular weight is 428 g/mol. The summed E-state index contributed by atoms with van der Waals surface area (Å²) >= 11 is 1.39. The first-order valence-corrected chi connectivity index (χ1v) is 12.0. The van der Waals surface area contributed by atoms with Crippen molar-refractivity contribution in [3.05, 3.63) is 58.8 Å². The Morgan fingerprint density at radius 2 is 2.00 bits per heavy atom. The van der Waals surface area contributed by atoms with E-state index in [1.54, 1.807) is 10.4 Å². The summed E-state index contributed by atoms with van der Waals surface area (Å²) in [4.78, 5) is 6.27. The molecule has 0 unspecified atom stereocenters. The third kappa shape index (κ3) is 3.56. The Hall–Kier alpha value is -2.29. The third-order valence-corrected chi connectivity index (χ3v) is 8.56. The van der Waals surface area contributed by atoms with Crippen molar-refractivity contribution in [2.75, 3.05) is 13.1 Å². The minimum Gasteiger partial charge on any atom is -0.339 e. The zero-order valence-electron chi connectivity index (χ0n) is 16.0. The Morgan fingerprint density at radius 1 is 1.21 bits per heavy atom. The molecule has 150 valence electrons. The van der Waals surface area contributed by atoms with Gasteiger partial charge < -0.3 is 4.52 Å². The van der Waals surface area contributed by atoms with Crippen LogP contribution in [0.2, 0.25) is 0 Å². The van der Waals surface area contributed by atoms with Crippen molar-refractivity contribution in [1.29, 1.82) is 0 Å². The van der Waals surface area contributed by atoms with Crippen molar-refractivity contribution >= 4 is 26.9 Å². The molecule has 3 aromatic rings. The number of rotatable bonds is 5. The molecule has 5 rings (SSSR count). The third-order valence-electron chi connectivity index (χ3n) is 5.40. The molecule has 1 saturated carbocycles. The Labute approximate surface area is 173 Å². The first-order valence-electron chi connectivity index (χ1n) is 9.71. The molecule has 0 bridgehead atoms. The van der Waals surface area contributed by atoms with Crippen molar-refractivity contribution in [1.82, 2.24) is 14.4 Å². The molecule has 1 aromatic carbocycles. The minimum absolute atomic E-state index is 0.340. The SMILES string of the molecule is Cc1sc(-c2noc(C3CC3)n2)cc1S(=O)(=O)N1CC=C(c2ccccc2)CC1. The average Bonchev–Trinajstić information content (AvgIpc) is 3.33. The van der Waals surface area contributed by atoms with Crippen molar-refractivity contribution in [3.8, 4) is 10.7 Å². The van der Waals surface area contributed by atoms with E-state index in [1.165, 1.54) is 16.9 Å². The van der Waals surface area contributed by atoms with E-state index < -0.39 is 10.0 Å². The number of nitrogens with zero attached hydrogens (tertiary/aromatic N) is 3. The van der Waals surface area contributed by atoms with E-state index in [0.717, 1.165) is 28.2 Å². The normalized spacial score (nSPS) is 18.0. The van der Waals surface area contributed by atoms with Gasteiger partial charge in [0.1, 0.15) is 0 Å². The molecular formula is C21H21N3O3S2. The molecular weight excluding hydrogens is 406 g/mol. The number of aryl methyl sites for hydroxylation is 1. The largest absolute Gasteiger partial charge is 0.339 e. The second-order valence-corrected chi connectivity index (χ2v) is 10.6. The van der Waals surface area contributed by atoms with Crippen molar-refractivity contribution in [2.24, 2.45) is 0 Å². The maximum absolute atomic E-state index is 13.3. The lowest BCUT2D eigenvalue weighted by Crippen LogP contribution is -2.34. The first-order chi connectivity index (χ1) is 14.0. The number of benzene rings is 1. The van der Waals surface area contributed by atoms with Crippen LogP contribution in [0.5, 0.6) is 0 Å². The van der Waals surface area contributed by atoms with Gasteiger partial charge >= 0.3 is 0 Å². The predicted octanol–water partition coefficient (Wildman–Crippen LogP) is 4.46. The lowest BCUT2D eigenvalue weighted by Gasteiger charge is -2.26. The Morgan fingerprint density at radius 3 is 2.69 bits per heavy atom. The molecule has 2 aliphatic rings. The standard InChI is InChI=1S/C21H21N3O3S2/c1-14-19(13-18(28-14)20-22-21(27-23-20)17-7-8-17)29(25,26)24-11-9-16(10-12-24)15-5-3-2-4-6-15/h2-6,9,13,17H,7-8,10-12H2,1H3. The summed E-state index contributed by atoms with van der Waals surface area (Å²) in [5.41, 5.74) is 2.35. The maximum atomic E-state index is 13.3. The highest BCUT2D eigenvalue weighted by atomic mass is 32.2. The highest BCUT2D eigenvalue weighted by molar-refractivity contribution is 7.89. The van der Waals surface area contributed by atoms with Crippen LogP contribution in [-0.4, -0.2) is 36.0 Å². The van der Waals surface area contributed by atoms with Crippen molar-refractivity contribution in [3.63, 3.8) is 0 Å². The number of sulfonamides is 1. The second kappa shape index (κ2) is 7.19. The van der Waals surface area contributed by atoms with E-state index in [2.05, 4.69) is 22.3 Å². The Kier molecular flexibility index (Phi) is 4.64. The van der Waals surface area contributed by atoms with Gasteiger partial charge in [-0.2, -0.15) is 9.29 Å². The maximum Gasteiger partial charge on any atom is 0.244 e. The summed E-state index contributed by atoms with van der Waals surface area (Å²) in [7, 11) is -3.57. The summed E-state index contributed by atoms with van der Waals surface area (Å²) in [6.45, 7) is 2.69. The van der Waals surface area contributed by atoms with E-state index >= 15 is 0 Å². The van der Waals surface area contributed by atoms with Crippen LogP contribution in [0.3, 0.4) is 0 Å². The number of thiophene rings is 1. The predicted molar refractivity (Wildman–Crippen MR) is 112 cm³/mol. The lowest BCUT2D eigenvalue weighted by molar-refractivity contribution is 0.380. The molecule has 1 aliphatic carbocycles. The van der Waals surface area contributed by atoms with Gasteiger partial charge in [-0.15, -0.1) is 11.3 Å². The zero-order chi connectivity index (χ0) is 20.0. The van der Waals surface area contributed by atoms with Crippen LogP contribution in [0, 0.1) is 6.92 Å². The summed E-state index contributed by atoms with van der Waals surface area (Å²) < 4.78 is 33.4. The van der Waals surface area contributed by atoms with Gasteiger partial charge in [0.15, 0.2) is 0 Å². The Bertz CT molecular complexity index is 1170. The molecule has 0 N–H and O–H groups in total. The monoisotopic (exact) mass is 427 g/mol. The van der Waals surface area contributed by atoms with Crippen LogP contribution >= 0.6 is 11.3 Å². The fourth-order valence-electron chi connectivity index (χ4n) is 3.59. The van der Waals surface area contributed by atoms with E-state index in [1.807, 2.05) is 31.2 Å². The number of aromatic nitrogens is 2. The molecule has 3 heterocycles. The molecule has 8 heteroatoms. The molecule has 2 aromatic heterocycles. The lowest BCUT2D eigenvalue weighted by atomic mass is 10.0. The van der Waals surface area contributed by atoms with Crippen LogP contribution < -0.4 is 0 Å². The van der Waals surface area contributed by atoms with Gasteiger partial charge in [0.2, 0.25) is 21.7 Å². The summed E-state index contributed by atoms with van der Waals surface area (Å²) in [5.74, 6) is 1.51. The molecule has 6 nitrogen and oxygen atoms in total. The molecule has 0 radical (unpaired) electrons. The van der Waals surface area contributed by atoms with Crippen LogP contribution in [0.1, 0.15) is 41.5 Å². The molecule has 29 heavy (non-hydrogen) atoms. The molecule has 0 saturated heterocycles. The second-order valence-electron chi connectivity index (χ2n) is 7.47. The Balaban J connectivity index is 1.39. The van der Waals surface area contributed by atoms with Gasteiger partial charge in [-0.1, -0.05) is 41.6 Å². The van der Waals surface area contributed by atoms with Gasteiger partial charge in [0.05, 0.1) is 9.77 Å². The highest BCUT2D eigenvalue weighted by Gasteiger charge is 2.32. The topological polar surface area (TPSA) is 76.3 Å². The van der Waals surface area contributed by atoms with E-state index in [-0.39, 0.29) is 0 Å². The van der Waals surface area contributed by atoms with Crippen LogP contribution in [0.15, 0.2) is 51.9 Å². The van der Waals surface area contributed by atoms with E-state index in [0.29, 0.717) is 42.0 Å². The smallest absolute Gasteiger partial charge is 0.244 e. The van der Waals surface area contributed by atoms with Crippen LogP contribution in [0.4, 0.5) is 0 Å². The van der Waals surface area contributed by atoms with E-state index in [4.69, 9.17) is 4.52 Å². The fourth-order valence-corrected chi connectivity index (χ4v) is 6.45. The van der Waals surface area contributed by atoms with E-state index in [9.17, 15) is 8.42 Å². The van der Waals surface area contributed by atoms with Gasteiger partial charge in [0, 0.05) is 23.9 Å². The quantitative estimate of drug-likeness (QED) is 0.601. The summed E-state index contributed by atoms with van der Waals surface area (Å²) in [5, 5.41) is 4.05. The zero-order valence-corrected chi connectivity index (χ0v) is 17.7. The summed E-state index contributed by atoms with van der Waals surface area (Å²) in [6.07, 6.45) is 4.88. The van der Waals surface area contributed by atoms with Gasteiger partial charge in [-0.3, -0.25) is 0 Å². The van der Waals surface area contributed by atoms with Gasteiger partial charge in [0.25, 0.3) is 0 Å². The fraction of sp³-hybridized carbons (Fsp3) is 0.333.